The highest BCUT2D eigenvalue weighted by Crippen LogP contribution is 2.24. The van der Waals surface area contributed by atoms with Gasteiger partial charge in [0.05, 0.1) is 22.5 Å². The Morgan fingerprint density at radius 1 is 1.36 bits per heavy atom. The first-order valence-corrected chi connectivity index (χ1v) is 9.37. The van der Waals surface area contributed by atoms with Gasteiger partial charge in [0.1, 0.15) is 0 Å². The van der Waals surface area contributed by atoms with Crippen molar-refractivity contribution in [2.24, 2.45) is 0 Å². The molecule has 1 N–H and O–H groups in total. The van der Waals surface area contributed by atoms with Gasteiger partial charge in [0.2, 0.25) is 0 Å². The Morgan fingerprint density at radius 3 is 2.80 bits per heavy atom. The Hall–Kier alpha value is -1.56. The quantitative estimate of drug-likeness (QED) is 0.858. The third-order valence-electron chi connectivity index (χ3n) is 4.46. The molecule has 1 aromatic carbocycles. The van der Waals surface area contributed by atoms with Crippen molar-refractivity contribution in [2.45, 2.75) is 32.2 Å². The average molecular weight is 381 g/mol. The lowest BCUT2D eigenvalue weighted by atomic mass is 10.0. The van der Waals surface area contributed by atoms with E-state index in [1.165, 1.54) is 0 Å². The van der Waals surface area contributed by atoms with Crippen molar-refractivity contribution in [1.82, 2.24) is 20.0 Å². The summed E-state index contributed by atoms with van der Waals surface area (Å²) >= 11 is 12.2. The normalized spacial score (nSPS) is 15.3. The molecule has 0 atom stereocenters. The van der Waals surface area contributed by atoms with Gasteiger partial charge < -0.3 is 10.2 Å². The van der Waals surface area contributed by atoms with Crippen LogP contribution in [0.5, 0.6) is 0 Å². The second-order valence-corrected chi connectivity index (χ2v) is 7.09. The van der Waals surface area contributed by atoms with Crippen LogP contribution in [0.15, 0.2) is 30.6 Å². The Morgan fingerprint density at radius 2 is 2.12 bits per heavy atom. The maximum atomic E-state index is 13.0. The summed E-state index contributed by atoms with van der Waals surface area (Å²) in [6.45, 7) is 4.77. The number of piperidine rings is 1. The van der Waals surface area contributed by atoms with Crippen LogP contribution in [0.25, 0.3) is 5.69 Å². The number of halogens is 2. The number of carbonyl (C=O) groups excluding carboxylic acids is 1. The number of nitrogens with zero attached hydrogens (tertiary/aromatic N) is 3. The molecule has 0 bridgehead atoms. The summed E-state index contributed by atoms with van der Waals surface area (Å²) < 4.78 is 1.62. The van der Waals surface area contributed by atoms with Crippen molar-refractivity contribution in [2.75, 3.05) is 19.6 Å². The SMILES string of the molecule is CCCN(C(=O)c1cnn(-c2ccc(Cl)cc2Cl)c1)C1CCNCC1. The molecule has 0 spiro atoms. The van der Waals surface area contributed by atoms with E-state index in [9.17, 15) is 4.79 Å². The zero-order valence-corrected chi connectivity index (χ0v) is 15.7. The number of benzene rings is 1. The highest BCUT2D eigenvalue weighted by atomic mass is 35.5. The lowest BCUT2D eigenvalue weighted by Crippen LogP contribution is -2.46. The van der Waals surface area contributed by atoms with E-state index in [1.54, 1.807) is 35.3 Å². The Balaban J connectivity index is 1.82. The maximum Gasteiger partial charge on any atom is 0.257 e. The van der Waals surface area contributed by atoms with Crippen LogP contribution in [-0.4, -0.2) is 46.3 Å². The molecule has 2 heterocycles. The second-order valence-electron chi connectivity index (χ2n) is 6.25. The minimum Gasteiger partial charge on any atom is -0.335 e. The van der Waals surface area contributed by atoms with Crippen LogP contribution in [-0.2, 0) is 0 Å². The standard InChI is InChI=1S/C18H22Cl2N4O/c1-2-9-23(15-5-7-21-8-6-15)18(25)13-11-22-24(12-13)17-4-3-14(19)10-16(17)20/h3-4,10-12,15,21H,2,5-9H2,1H3. The molecule has 1 fully saturated rings. The predicted octanol–water partition coefficient (Wildman–Crippen LogP) is 3.78. The maximum absolute atomic E-state index is 13.0. The number of aromatic nitrogens is 2. The molecule has 0 aliphatic carbocycles. The molecule has 25 heavy (non-hydrogen) atoms. The van der Waals surface area contributed by atoms with Crippen LogP contribution in [0.4, 0.5) is 0 Å². The van der Waals surface area contributed by atoms with Gasteiger partial charge in [-0.1, -0.05) is 30.1 Å². The summed E-state index contributed by atoms with van der Waals surface area (Å²) in [5.41, 5.74) is 1.28. The van der Waals surface area contributed by atoms with Crippen molar-refractivity contribution < 1.29 is 4.79 Å². The molecule has 134 valence electrons. The highest BCUT2D eigenvalue weighted by molar-refractivity contribution is 6.35. The Bertz CT molecular complexity index is 740. The number of nitrogens with one attached hydrogen (secondary N) is 1. The van der Waals surface area contributed by atoms with Gasteiger partial charge in [0, 0.05) is 23.8 Å². The molecule has 1 saturated heterocycles. The van der Waals surface area contributed by atoms with Crippen molar-refractivity contribution in [3.8, 4) is 5.69 Å². The van der Waals surface area contributed by atoms with Crippen LogP contribution >= 0.6 is 23.2 Å². The lowest BCUT2D eigenvalue weighted by Gasteiger charge is -2.34. The molecule has 7 heteroatoms. The zero-order chi connectivity index (χ0) is 17.8. The zero-order valence-electron chi connectivity index (χ0n) is 14.2. The summed E-state index contributed by atoms with van der Waals surface area (Å²) in [6, 6.07) is 5.50. The third kappa shape index (κ3) is 4.17. The van der Waals surface area contributed by atoms with Crippen LogP contribution < -0.4 is 5.32 Å². The molecule has 3 rings (SSSR count). The highest BCUT2D eigenvalue weighted by Gasteiger charge is 2.26. The van der Waals surface area contributed by atoms with Gasteiger partial charge in [-0.3, -0.25) is 4.79 Å². The molecule has 0 saturated carbocycles. The summed E-state index contributed by atoms with van der Waals surface area (Å²) in [5, 5.41) is 8.73. The summed E-state index contributed by atoms with van der Waals surface area (Å²) in [7, 11) is 0. The van der Waals surface area contributed by atoms with Crippen LogP contribution in [0.1, 0.15) is 36.5 Å². The van der Waals surface area contributed by atoms with Crippen LogP contribution in [0, 0.1) is 0 Å². The first kappa shape index (κ1) is 18.2. The molecule has 0 radical (unpaired) electrons. The van der Waals surface area contributed by atoms with Crippen molar-refractivity contribution in [1.29, 1.82) is 0 Å². The van der Waals surface area contributed by atoms with Crippen LogP contribution in [0.3, 0.4) is 0 Å². The molecule has 5 nitrogen and oxygen atoms in total. The van der Waals surface area contributed by atoms with Gasteiger partial charge in [-0.15, -0.1) is 0 Å². The predicted molar refractivity (Wildman–Crippen MR) is 101 cm³/mol. The molecule has 1 amide bonds. The average Bonchev–Trinajstić information content (AvgIpc) is 3.09. The van der Waals surface area contributed by atoms with E-state index in [0.717, 1.165) is 38.9 Å². The van der Waals surface area contributed by atoms with Crippen molar-refractivity contribution in [3.63, 3.8) is 0 Å². The van der Waals surface area contributed by atoms with E-state index in [2.05, 4.69) is 17.3 Å². The fourth-order valence-corrected chi connectivity index (χ4v) is 3.70. The summed E-state index contributed by atoms with van der Waals surface area (Å²) in [4.78, 5) is 15.0. The molecular weight excluding hydrogens is 359 g/mol. The smallest absolute Gasteiger partial charge is 0.257 e. The Kier molecular flexibility index (Phi) is 5.99. The fourth-order valence-electron chi connectivity index (χ4n) is 3.21. The number of hydrogen-bond donors (Lipinski definition) is 1. The molecule has 1 aliphatic rings. The Labute approximate surface area is 157 Å². The van der Waals surface area contributed by atoms with Gasteiger partial charge in [0.15, 0.2) is 0 Å². The summed E-state index contributed by atoms with van der Waals surface area (Å²) in [5.74, 6) is 0.0325. The van der Waals surface area contributed by atoms with Gasteiger partial charge in [-0.05, 0) is 50.6 Å². The van der Waals surface area contributed by atoms with Gasteiger partial charge in [0.25, 0.3) is 5.91 Å². The first-order chi connectivity index (χ1) is 12.1. The molecule has 1 aromatic heterocycles. The second kappa shape index (κ2) is 8.21. The molecule has 2 aromatic rings. The minimum atomic E-state index is 0.0325. The van der Waals surface area contributed by atoms with Crippen molar-refractivity contribution >= 4 is 29.1 Å². The number of rotatable bonds is 5. The van der Waals surface area contributed by atoms with E-state index in [-0.39, 0.29) is 11.9 Å². The molecule has 0 unspecified atom stereocenters. The topological polar surface area (TPSA) is 50.2 Å². The minimum absolute atomic E-state index is 0.0325. The largest absolute Gasteiger partial charge is 0.335 e. The van der Waals surface area contributed by atoms with Gasteiger partial charge in [-0.25, -0.2) is 4.68 Å². The van der Waals surface area contributed by atoms with E-state index < -0.39 is 0 Å². The summed E-state index contributed by atoms with van der Waals surface area (Å²) in [6.07, 6.45) is 6.26. The fraction of sp³-hybridized carbons (Fsp3) is 0.444. The number of amides is 1. The lowest BCUT2D eigenvalue weighted by molar-refractivity contribution is 0.0642. The van der Waals surface area contributed by atoms with E-state index >= 15 is 0 Å². The molecular formula is C18H22Cl2N4O. The van der Waals surface area contributed by atoms with E-state index in [4.69, 9.17) is 23.2 Å². The van der Waals surface area contributed by atoms with Crippen molar-refractivity contribution in [3.05, 3.63) is 46.2 Å². The monoisotopic (exact) mass is 380 g/mol. The number of hydrogen-bond acceptors (Lipinski definition) is 3. The van der Waals surface area contributed by atoms with Crippen LogP contribution in [0.2, 0.25) is 10.0 Å². The molecule has 1 aliphatic heterocycles. The van der Waals surface area contributed by atoms with Gasteiger partial charge >= 0.3 is 0 Å². The first-order valence-electron chi connectivity index (χ1n) is 8.62. The number of carbonyl (C=O) groups is 1. The van der Waals surface area contributed by atoms with E-state index in [1.807, 2.05) is 4.90 Å². The van der Waals surface area contributed by atoms with Gasteiger partial charge in [-0.2, -0.15) is 5.10 Å². The van der Waals surface area contributed by atoms with E-state index in [0.29, 0.717) is 21.3 Å². The third-order valence-corrected chi connectivity index (χ3v) is 5.00.